The van der Waals surface area contributed by atoms with Crippen LogP contribution >= 0.6 is 11.3 Å². The van der Waals surface area contributed by atoms with Gasteiger partial charge in [0.2, 0.25) is 10.0 Å². The number of piperidine rings is 1. The molecule has 0 radical (unpaired) electrons. The third-order valence-electron chi connectivity index (χ3n) is 6.93. The molecule has 0 atom stereocenters. The van der Waals surface area contributed by atoms with Gasteiger partial charge in [0.15, 0.2) is 5.13 Å². The maximum atomic E-state index is 13.4. The van der Waals surface area contributed by atoms with Crippen molar-refractivity contribution < 1.29 is 17.6 Å². The van der Waals surface area contributed by atoms with Crippen LogP contribution in [0.2, 0.25) is 0 Å². The van der Waals surface area contributed by atoms with E-state index in [1.165, 1.54) is 18.4 Å². The van der Waals surface area contributed by atoms with Crippen LogP contribution in [0.15, 0.2) is 42.6 Å². The molecule has 3 aromatic heterocycles. The van der Waals surface area contributed by atoms with Crippen molar-refractivity contribution in [3.8, 4) is 11.3 Å². The van der Waals surface area contributed by atoms with E-state index >= 15 is 0 Å². The van der Waals surface area contributed by atoms with Crippen LogP contribution in [0.3, 0.4) is 0 Å². The summed E-state index contributed by atoms with van der Waals surface area (Å²) in [6.45, 7) is 3.51. The molecule has 0 saturated carbocycles. The third-order valence-corrected chi connectivity index (χ3v) is 9.26. The molecule has 0 spiro atoms. The number of nitrogens with two attached hydrogens (primary N) is 1. The highest BCUT2D eigenvalue weighted by Gasteiger charge is 2.26. The van der Waals surface area contributed by atoms with Gasteiger partial charge in [-0.15, -0.1) is 0 Å². The predicted octanol–water partition coefficient (Wildman–Crippen LogP) is 4.01. The van der Waals surface area contributed by atoms with E-state index in [2.05, 4.69) is 27.0 Å². The molecule has 38 heavy (non-hydrogen) atoms. The van der Waals surface area contributed by atoms with E-state index in [1.807, 2.05) is 13.0 Å². The van der Waals surface area contributed by atoms with Crippen molar-refractivity contribution in [2.45, 2.75) is 38.6 Å². The summed E-state index contributed by atoms with van der Waals surface area (Å²) in [7, 11) is -3.17. The zero-order valence-corrected chi connectivity index (χ0v) is 22.8. The van der Waals surface area contributed by atoms with E-state index in [0.717, 1.165) is 53.2 Å². The molecule has 1 fully saturated rings. The summed E-state index contributed by atoms with van der Waals surface area (Å²) in [5.41, 5.74) is 10.6. The standard InChI is InChI=1S/C26H29FN6O3S2/c1-3-20-21(14-29-26-31-23(24(37-26)25(28)34)17-4-7-19(27)8-5-17)33-15-18(6-9-22(33)30-20)16-10-12-32(13-11-16)38(2,35)36/h4-9,15-16H,3,10-14H2,1-2H3,(H2,28,34)(H,29,31). The second kappa shape index (κ2) is 10.4. The number of thiazole rings is 1. The highest BCUT2D eigenvalue weighted by molar-refractivity contribution is 7.88. The number of fused-ring (bicyclic) bond motifs is 1. The number of sulfonamides is 1. The molecule has 0 unspecified atom stereocenters. The van der Waals surface area contributed by atoms with Crippen molar-refractivity contribution in [2.75, 3.05) is 24.7 Å². The lowest BCUT2D eigenvalue weighted by Gasteiger charge is -2.30. The monoisotopic (exact) mass is 556 g/mol. The molecule has 0 aliphatic carbocycles. The van der Waals surface area contributed by atoms with Gasteiger partial charge in [-0.2, -0.15) is 0 Å². The lowest BCUT2D eigenvalue weighted by molar-refractivity contribution is 0.100. The molecule has 1 aromatic carbocycles. The molecule has 1 aliphatic rings. The number of carbonyl (C=O) groups excluding carboxylic acids is 1. The molecule has 5 rings (SSSR count). The topological polar surface area (TPSA) is 123 Å². The molecule has 12 heteroatoms. The summed E-state index contributed by atoms with van der Waals surface area (Å²) in [6.07, 6.45) is 5.63. The van der Waals surface area contributed by atoms with Crippen LogP contribution in [0.1, 0.15) is 52.3 Å². The molecule has 9 nitrogen and oxygen atoms in total. The molecule has 1 saturated heterocycles. The van der Waals surface area contributed by atoms with Crippen LogP contribution in [-0.4, -0.2) is 52.3 Å². The Morgan fingerprint density at radius 1 is 1.16 bits per heavy atom. The van der Waals surface area contributed by atoms with Crippen LogP contribution in [0, 0.1) is 5.82 Å². The average Bonchev–Trinajstić information content (AvgIpc) is 3.48. The second-order valence-corrected chi connectivity index (χ2v) is 12.4. The Morgan fingerprint density at radius 3 is 2.50 bits per heavy atom. The minimum atomic E-state index is -3.17. The summed E-state index contributed by atoms with van der Waals surface area (Å²) < 4.78 is 40.8. The van der Waals surface area contributed by atoms with Crippen LogP contribution in [-0.2, 0) is 23.0 Å². The fourth-order valence-electron chi connectivity index (χ4n) is 4.92. The molecule has 3 N–H and O–H groups in total. The molecule has 1 amide bonds. The number of anilines is 1. The lowest BCUT2D eigenvalue weighted by atomic mass is 9.91. The van der Waals surface area contributed by atoms with Gasteiger partial charge in [-0.1, -0.05) is 24.3 Å². The van der Waals surface area contributed by atoms with Crippen LogP contribution in [0.25, 0.3) is 16.9 Å². The molecule has 1 aliphatic heterocycles. The van der Waals surface area contributed by atoms with Crippen molar-refractivity contribution >= 4 is 38.0 Å². The number of carbonyl (C=O) groups is 1. The minimum Gasteiger partial charge on any atom is -0.365 e. The van der Waals surface area contributed by atoms with Gasteiger partial charge in [-0.05, 0) is 61.1 Å². The summed E-state index contributed by atoms with van der Waals surface area (Å²) in [6, 6.07) is 9.86. The van der Waals surface area contributed by atoms with Crippen molar-refractivity contribution in [1.29, 1.82) is 0 Å². The number of hydrogen-bond donors (Lipinski definition) is 2. The second-order valence-electron chi connectivity index (χ2n) is 9.41. The number of aromatic nitrogens is 3. The zero-order valence-electron chi connectivity index (χ0n) is 21.1. The van der Waals surface area contributed by atoms with E-state index in [1.54, 1.807) is 16.4 Å². The quantitative estimate of drug-likeness (QED) is 0.338. The van der Waals surface area contributed by atoms with Gasteiger partial charge in [-0.25, -0.2) is 27.1 Å². The number of nitrogens with zero attached hydrogens (tertiary/aromatic N) is 4. The summed E-state index contributed by atoms with van der Waals surface area (Å²) in [4.78, 5) is 21.8. The normalized spacial score (nSPS) is 15.2. The Kier molecular flexibility index (Phi) is 7.21. The number of benzene rings is 1. The van der Waals surface area contributed by atoms with Gasteiger partial charge < -0.3 is 15.5 Å². The molecule has 0 bridgehead atoms. The largest absolute Gasteiger partial charge is 0.365 e. The Hall–Kier alpha value is -3.35. The smallest absolute Gasteiger partial charge is 0.261 e. The first-order chi connectivity index (χ1) is 18.1. The molecular weight excluding hydrogens is 527 g/mol. The van der Waals surface area contributed by atoms with Gasteiger partial charge in [0.1, 0.15) is 16.3 Å². The minimum absolute atomic E-state index is 0.265. The lowest BCUT2D eigenvalue weighted by Crippen LogP contribution is -2.37. The van der Waals surface area contributed by atoms with Crippen molar-refractivity contribution in [2.24, 2.45) is 5.73 Å². The molecule has 4 heterocycles. The fraction of sp³-hybridized carbons (Fsp3) is 0.346. The number of rotatable bonds is 8. The molecule has 4 aromatic rings. The number of aryl methyl sites for hydroxylation is 1. The number of halogens is 1. The maximum Gasteiger partial charge on any atom is 0.261 e. The van der Waals surface area contributed by atoms with E-state index in [-0.39, 0.29) is 11.7 Å². The first-order valence-electron chi connectivity index (χ1n) is 12.4. The maximum absolute atomic E-state index is 13.4. The Labute approximate surface area is 224 Å². The zero-order chi connectivity index (χ0) is 27.0. The summed E-state index contributed by atoms with van der Waals surface area (Å²) in [5, 5.41) is 3.85. The van der Waals surface area contributed by atoms with Crippen LogP contribution < -0.4 is 11.1 Å². The SMILES string of the molecule is CCc1nc2ccc(C3CCN(S(C)(=O)=O)CC3)cn2c1CNc1nc(-c2ccc(F)cc2)c(C(N)=O)s1. The van der Waals surface area contributed by atoms with E-state index in [0.29, 0.717) is 40.9 Å². The van der Waals surface area contributed by atoms with Gasteiger partial charge >= 0.3 is 0 Å². The summed E-state index contributed by atoms with van der Waals surface area (Å²) in [5.74, 6) is -0.700. The highest BCUT2D eigenvalue weighted by atomic mass is 32.2. The Morgan fingerprint density at radius 2 is 1.87 bits per heavy atom. The van der Waals surface area contributed by atoms with Gasteiger partial charge in [0.05, 0.1) is 29.9 Å². The third kappa shape index (κ3) is 5.29. The number of pyridine rings is 1. The first kappa shape index (κ1) is 26.3. The van der Waals surface area contributed by atoms with Gasteiger partial charge in [-0.3, -0.25) is 4.79 Å². The van der Waals surface area contributed by atoms with E-state index in [4.69, 9.17) is 10.7 Å². The van der Waals surface area contributed by atoms with E-state index in [9.17, 15) is 17.6 Å². The van der Waals surface area contributed by atoms with Crippen molar-refractivity contribution in [3.05, 3.63) is 70.2 Å². The summed E-state index contributed by atoms with van der Waals surface area (Å²) >= 11 is 1.16. The number of imidazole rings is 1. The van der Waals surface area contributed by atoms with Crippen LogP contribution in [0.4, 0.5) is 9.52 Å². The van der Waals surface area contributed by atoms with E-state index < -0.39 is 15.9 Å². The number of primary amides is 1. The highest BCUT2D eigenvalue weighted by Crippen LogP contribution is 2.32. The van der Waals surface area contributed by atoms with Crippen molar-refractivity contribution in [3.63, 3.8) is 0 Å². The number of amides is 1. The average molecular weight is 557 g/mol. The Balaban J connectivity index is 1.40. The van der Waals surface area contributed by atoms with Crippen LogP contribution in [0.5, 0.6) is 0 Å². The van der Waals surface area contributed by atoms with Crippen molar-refractivity contribution in [1.82, 2.24) is 18.7 Å². The molecule has 200 valence electrons. The number of hydrogen-bond acceptors (Lipinski definition) is 7. The first-order valence-corrected chi connectivity index (χ1v) is 15.1. The Bertz CT molecular complexity index is 1590. The predicted molar refractivity (Wildman–Crippen MR) is 146 cm³/mol. The number of nitrogens with one attached hydrogen (secondary N) is 1. The van der Waals surface area contributed by atoms with Gasteiger partial charge in [0, 0.05) is 24.8 Å². The fourth-order valence-corrected chi connectivity index (χ4v) is 6.63. The van der Waals surface area contributed by atoms with Gasteiger partial charge in [0.25, 0.3) is 5.91 Å². The molecular formula is C26H29FN6O3S2.